The number of amides is 2. The molecule has 0 saturated carbocycles. The van der Waals surface area contributed by atoms with Crippen molar-refractivity contribution in [2.75, 3.05) is 7.11 Å². The first-order valence-corrected chi connectivity index (χ1v) is 11.5. The molecule has 1 saturated heterocycles. The molecule has 3 aromatic carbocycles. The second-order valence-corrected chi connectivity index (χ2v) is 8.87. The average molecular weight is 494 g/mol. The number of halogens is 1. The number of methoxy groups -OCH3 is 1. The topological polar surface area (TPSA) is 72.9 Å². The van der Waals surface area contributed by atoms with E-state index in [9.17, 15) is 14.4 Å². The molecule has 172 valence electrons. The van der Waals surface area contributed by atoms with E-state index in [0.717, 1.165) is 22.9 Å². The minimum absolute atomic E-state index is 0.206. The van der Waals surface area contributed by atoms with Crippen LogP contribution in [0.15, 0.2) is 71.6 Å². The molecule has 1 fully saturated rings. The van der Waals surface area contributed by atoms with Crippen molar-refractivity contribution in [3.05, 3.63) is 98.9 Å². The van der Waals surface area contributed by atoms with Crippen molar-refractivity contribution in [1.82, 2.24) is 4.90 Å². The summed E-state index contributed by atoms with van der Waals surface area (Å²) in [6.45, 7) is 2.16. The largest absolute Gasteiger partial charge is 0.493 e. The Labute approximate surface area is 206 Å². The van der Waals surface area contributed by atoms with Gasteiger partial charge in [0, 0.05) is 0 Å². The Morgan fingerprint density at radius 2 is 1.76 bits per heavy atom. The number of aryl methyl sites for hydroxylation is 1. The molecule has 8 heteroatoms. The average Bonchev–Trinajstić information content (AvgIpc) is 3.08. The maximum Gasteiger partial charge on any atom is 0.345 e. The molecule has 4 rings (SSSR count). The second-order valence-electron chi connectivity index (χ2n) is 7.47. The van der Waals surface area contributed by atoms with Crippen molar-refractivity contribution in [3.63, 3.8) is 0 Å². The molecule has 0 unspecified atom stereocenters. The van der Waals surface area contributed by atoms with Gasteiger partial charge in [0.2, 0.25) is 0 Å². The number of thioether (sulfide) groups is 1. The Balaban J connectivity index is 1.53. The summed E-state index contributed by atoms with van der Waals surface area (Å²) >= 11 is 6.96. The van der Waals surface area contributed by atoms with Crippen molar-refractivity contribution in [3.8, 4) is 11.5 Å². The van der Waals surface area contributed by atoms with Crippen molar-refractivity contribution < 1.29 is 23.9 Å². The molecule has 0 N–H and O–H groups in total. The monoisotopic (exact) mass is 493 g/mol. The van der Waals surface area contributed by atoms with Gasteiger partial charge < -0.3 is 9.47 Å². The molecule has 0 aromatic heterocycles. The lowest BCUT2D eigenvalue weighted by molar-refractivity contribution is -0.123. The van der Waals surface area contributed by atoms with E-state index in [1.165, 1.54) is 12.0 Å². The fraction of sp³-hybridized carbons (Fsp3) is 0.115. The highest BCUT2D eigenvalue weighted by molar-refractivity contribution is 8.18. The van der Waals surface area contributed by atoms with Crippen LogP contribution in [0.25, 0.3) is 6.08 Å². The van der Waals surface area contributed by atoms with Gasteiger partial charge in [-0.2, -0.15) is 0 Å². The number of imide groups is 1. The number of rotatable bonds is 6. The Morgan fingerprint density at radius 1 is 1.03 bits per heavy atom. The standard InChI is InChI=1S/C26H20ClNO5S/c1-16-7-3-4-8-18(16)15-28-24(29)23(34-26(28)31)14-17-11-12-21(22(13-17)32-2)33-25(30)19-9-5-6-10-20(19)27/h3-14H,15H2,1-2H3/b23-14-. The summed E-state index contributed by atoms with van der Waals surface area (Å²) in [5.41, 5.74) is 2.78. The van der Waals surface area contributed by atoms with Gasteiger partial charge in [-0.1, -0.05) is 54.1 Å². The van der Waals surface area contributed by atoms with Crippen LogP contribution < -0.4 is 9.47 Å². The summed E-state index contributed by atoms with van der Waals surface area (Å²) in [7, 11) is 1.45. The predicted molar refractivity (Wildman–Crippen MR) is 132 cm³/mol. The summed E-state index contributed by atoms with van der Waals surface area (Å²) in [5.74, 6) is -0.467. The zero-order valence-corrected chi connectivity index (χ0v) is 20.0. The summed E-state index contributed by atoms with van der Waals surface area (Å²) < 4.78 is 10.8. The van der Waals surface area contributed by atoms with Crippen LogP contribution in [0.4, 0.5) is 4.79 Å². The smallest absolute Gasteiger partial charge is 0.345 e. The lowest BCUT2D eigenvalue weighted by Gasteiger charge is -2.14. The molecule has 0 radical (unpaired) electrons. The van der Waals surface area contributed by atoms with Gasteiger partial charge in [0.05, 0.1) is 29.1 Å². The minimum atomic E-state index is -0.617. The normalized spacial score (nSPS) is 14.6. The van der Waals surface area contributed by atoms with Crippen LogP contribution in [0.5, 0.6) is 11.5 Å². The number of hydrogen-bond donors (Lipinski definition) is 0. The number of carbonyl (C=O) groups excluding carboxylic acids is 3. The quantitative estimate of drug-likeness (QED) is 0.234. The third-order valence-electron chi connectivity index (χ3n) is 5.25. The molecule has 0 bridgehead atoms. The van der Waals surface area contributed by atoms with Crippen molar-refractivity contribution in [2.45, 2.75) is 13.5 Å². The van der Waals surface area contributed by atoms with Gasteiger partial charge in [0.1, 0.15) is 0 Å². The Kier molecular flexibility index (Phi) is 7.05. The SMILES string of the molecule is COc1cc(/C=C2\SC(=O)N(Cc3ccccc3C)C2=O)ccc1OC(=O)c1ccccc1Cl. The summed E-state index contributed by atoms with van der Waals surface area (Å²) in [4.78, 5) is 39.4. The zero-order valence-electron chi connectivity index (χ0n) is 18.4. The molecule has 3 aromatic rings. The number of hydrogen-bond acceptors (Lipinski definition) is 6. The van der Waals surface area contributed by atoms with Crippen LogP contribution in [0, 0.1) is 6.92 Å². The second kappa shape index (κ2) is 10.2. The van der Waals surface area contributed by atoms with E-state index in [1.54, 1.807) is 48.5 Å². The van der Waals surface area contributed by atoms with Gasteiger partial charge in [-0.3, -0.25) is 14.5 Å². The van der Waals surface area contributed by atoms with Crippen LogP contribution in [0.1, 0.15) is 27.0 Å². The maximum absolute atomic E-state index is 12.9. The molecule has 34 heavy (non-hydrogen) atoms. The third-order valence-corrected chi connectivity index (χ3v) is 6.48. The van der Waals surface area contributed by atoms with E-state index in [2.05, 4.69) is 0 Å². The van der Waals surface area contributed by atoms with E-state index in [1.807, 2.05) is 31.2 Å². The lowest BCUT2D eigenvalue weighted by Crippen LogP contribution is -2.27. The molecule has 0 spiro atoms. The van der Waals surface area contributed by atoms with Gasteiger partial charge in [-0.15, -0.1) is 0 Å². The van der Waals surface area contributed by atoms with Crippen molar-refractivity contribution in [2.24, 2.45) is 0 Å². The molecule has 0 aliphatic carbocycles. The molecule has 1 aliphatic rings. The highest BCUT2D eigenvalue weighted by Crippen LogP contribution is 2.36. The van der Waals surface area contributed by atoms with Crippen LogP contribution >= 0.6 is 23.4 Å². The van der Waals surface area contributed by atoms with E-state index < -0.39 is 5.97 Å². The Morgan fingerprint density at radius 3 is 2.50 bits per heavy atom. The van der Waals surface area contributed by atoms with Crippen LogP contribution in [0.3, 0.4) is 0 Å². The summed E-state index contributed by atoms with van der Waals surface area (Å²) in [5, 5.41) is -0.0405. The molecule has 1 heterocycles. The first-order chi connectivity index (χ1) is 16.4. The minimum Gasteiger partial charge on any atom is -0.493 e. The third kappa shape index (κ3) is 5.00. The van der Waals surface area contributed by atoms with Crippen molar-refractivity contribution >= 4 is 46.6 Å². The molecular formula is C26H20ClNO5S. The molecule has 0 atom stereocenters. The van der Waals surface area contributed by atoms with Crippen LogP contribution in [0.2, 0.25) is 5.02 Å². The number of carbonyl (C=O) groups is 3. The lowest BCUT2D eigenvalue weighted by atomic mass is 10.1. The van der Waals surface area contributed by atoms with Crippen molar-refractivity contribution in [1.29, 1.82) is 0 Å². The predicted octanol–water partition coefficient (Wildman–Crippen LogP) is 6.11. The molecule has 2 amide bonds. The van der Waals surface area contributed by atoms with E-state index in [-0.39, 0.29) is 34.0 Å². The first kappa shape index (κ1) is 23.6. The van der Waals surface area contributed by atoms with E-state index in [0.29, 0.717) is 16.2 Å². The Bertz CT molecular complexity index is 1320. The highest BCUT2D eigenvalue weighted by atomic mass is 35.5. The van der Waals surface area contributed by atoms with E-state index in [4.69, 9.17) is 21.1 Å². The van der Waals surface area contributed by atoms with Crippen LogP contribution in [-0.4, -0.2) is 29.1 Å². The van der Waals surface area contributed by atoms with Gasteiger partial charge >= 0.3 is 5.97 Å². The van der Waals surface area contributed by atoms with E-state index >= 15 is 0 Å². The van der Waals surface area contributed by atoms with Gasteiger partial charge in [0.15, 0.2) is 11.5 Å². The number of benzene rings is 3. The highest BCUT2D eigenvalue weighted by Gasteiger charge is 2.35. The van der Waals surface area contributed by atoms with Crippen LogP contribution in [-0.2, 0) is 11.3 Å². The number of esters is 1. The fourth-order valence-electron chi connectivity index (χ4n) is 3.39. The maximum atomic E-state index is 12.9. The summed E-state index contributed by atoms with van der Waals surface area (Å²) in [6, 6.07) is 19.1. The number of ether oxygens (including phenoxy) is 2. The first-order valence-electron chi connectivity index (χ1n) is 10.3. The zero-order chi connectivity index (χ0) is 24.2. The van der Waals surface area contributed by atoms with Gasteiger partial charge in [0.25, 0.3) is 11.1 Å². The molecule has 6 nitrogen and oxygen atoms in total. The number of nitrogens with zero attached hydrogens (tertiary/aromatic N) is 1. The molecular weight excluding hydrogens is 474 g/mol. The summed E-state index contributed by atoms with van der Waals surface area (Å²) in [6.07, 6.45) is 1.62. The Hall–Kier alpha value is -3.55. The fourth-order valence-corrected chi connectivity index (χ4v) is 4.44. The molecule has 1 aliphatic heterocycles. The van der Waals surface area contributed by atoms with Gasteiger partial charge in [-0.25, -0.2) is 4.79 Å². The van der Waals surface area contributed by atoms with Gasteiger partial charge in [-0.05, 0) is 65.7 Å².